The predicted molar refractivity (Wildman–Crippen MR) is 148 cm³/mol. The van der Waals surface area contributed by atoms with Gasteiger partial charge in [-0.1, -0.05) is 45.0 Å². The van der Waals surface area contributed by atoms with E-state index in [0.29, 0.717) is 16.9 Å². The summed E-state index contributed by atoms with van der Waals surface area (Å²) in [6, 6.07) is 10.6. The molecule has 3 aromatic rings. The zero-order valence-corrected chi connectivity index (χ0v) is 23.7. The van der Waals surface area contributed by atoms with Crippen molar-refractivity contribution in [2.45, 2.75) is 64.0 Å². The van der Waals surface area contributed by atoms with Crippen LogP contribution in [0.2, 0.25) is 18.1 Å². The number of halogens is 3. The molecule has 0 unspecified atom stereocenters. The van der Waals surface area contributed by atoms with Gasteiger partial charge < -0.3 is 14.8 Å². The minimum atomic E-state index is -4.54. The first-order valence-electron chi connectivity index (χ1n) is 13.0. The standard InChI is InChI=1S/C28H37F3N4O2Si/c1-27(2,3)38(4,5)37-16-15-35-14-8-9-20(18-35)32-26-22-11-7-6-10-21(22)25(33-34-26)23-13-12-19(17-24(23)36)28(29,30)31/h6-7,10-13,17,20,36H,8-9,14-16,18H2,1-5H3,(H,32,34)/t20-/m1/s1. The number of hydrogen-bond donors (Lipinski definition) is 2. The molecular weight excluding hydrogens is 509 g/mol. The smallest absolute Gasteiger partial charge is 0.416 e. The van der Waals surface area contributed by atoms with Crippen LogP contribution < -0.4 is 5.32 Å². The number of aromatic hydroxyl groups is 1. The van der Waals surface area contributed by atoms with Gasteiger partial charge in [-0.05, 0) is 55.7 Å². The second-order valence-corrected chi connectivity index (χ2v) is 16.4. The number of fused-ring (bicyclic) bond motifs is 1. The molecule has 0 amide bonds. The number of anilines is 1. The molecule has 10 heteroatoms. The summed E-state index contributed by atoms with van der Waals surface area (Å²) >= 11 is 0. The lowest BCUT2D eigenvalue weighted by molar-refractivity contribution is -0.137. The van der Waals surface area contributed by atoms with Crippen LogP contribution in [0.1, 0.15) is 39.2 Å². The highest BCUT2D eigenvalue weighted by atomic mass is 28.4. The van der Waals surface area contributed by atoms with Crippen LogP contribution in [0.4, 0.5) is 19.0 Å². The molecule has 1 aliphatic rings. The first-order valence-corrected chi connectivity index (χ1v) is 16.0. The zero-order valence-electron chi connectivity index (χ0n) is 22.7. The summed E-state index contributed by atoms with van der Waals surface area (Å²) in [6.45, 7) is 14.8. The van der Waals surface area contributed by atoms with Crippen molar-refractivity contribution < 1.29 is 22.7 Å². The van der Waals surface area contributed by atoms with Crippen LogP contribution >= 0.6 is 0 Å². The van der Waals surface area contributed by atoms with Crippen LogP contribution in [0, 0.1) is 0 Å². The highest BCUT2D eigenvalue weighted by Crippen LogP contribution is 2.39. The molecular formula is C28H37F3N4O2Si. The van der Waals surface area contributed by atoms with E-state index in [4.69, 9.17) is 4.43 Å². The van der Waals surface area contributed by atoms with E-state index in [2.05, 4.69) is 54.3 Å². The van der Waals surface area contributed by atoms with E-state index in [1.807, 2.05) is 24.3 Å². The molecule has 38 heavy (non-hydrogen) atoms. The molecule has 6 nitrogen and oxygen atoms in total. The maximum atomic E-state index is 13.1. The number of phenols is 1. The number of benzene rings is 2. The summed E-state index contributed by atoms with van der Waals surface area (Å²) in [5.74, 6) is 0.142. The lowest BCUT2D eigenvalue weighted by atomic mass is 10.0. The average molecular weight is 547 g/mol. The van der Waals surface area contributed by atoms with Crippen LogP contribution in [-0.4, -0.2) is 60.8 Å². The third-order valence-corrected chi connectivity index (χ3v) is 12.3. The first-order chi connectivity index (χ1) is 17.8. The van der Waals surface area contributed by atoms with Gasteiger partial charge in [0.25, 0.3) is 0 Å². The van der Waals surface area contributed by atoms with Crippen molar-refractivity contribution in [3.8, 4) is 17.0 Å². The average Bonchev–Trinajstić information content (AvgIpc) is 2.83. The lowest BCUT2D eigenvalue weighted by Crippen LogP contribution is -2.46. The Bertz CT molecular complexity index is 1280. The van der Waals surface area contributed by atoms with E-state index in [-0.39, 0.29) is 16.6 Å². The van der Waals surface area contributed by atoms with Crippen molar-refractivity contribution in [3.05, 3.63) is 48.0 Å². The van der Waals surface area contributed by atoms with Crippen molar-refractivity contribution >= 4 is 24.9 Å². The van der Waals surface area contributed by atoms with Gasteiger partial charge in [-0.2, -0.15) is 13.2 Å². The Labute approximate surface area is 223 Å². The molecule has 1 atom stereocenters. The second kappa shape index (κ2) is 10.8. The second-order valence-electron chi connectivity index (χ2n) is 11.6. The maximum absolute atomic E-state index is 13.1. The Morgan fingerprint density at radius 2 is 1.79 bits per heavy atom. The number of rotatable bonds is 7. The van der Waals surface area contributed by atoms with Crippen LogP contribution in [0.3, 0.4) is 0 Å². The lowest BCUT2D eigenvalue weighted by Gasteiger charge is -2.38. The van der Waals surface area contributed by atoms with Gasteiger partial charge in [-0.3, -0.25) is 4.90 Å². The van der Waals surface area contributed by atoms with Crippen LogP contribution in [-0.2, 0) is 10.6 Å². The van der Waals surface area contributed by atoms with Gasteiger partial charge in [-0.25, -0.2) is 0 Å². The Kier molecular flexibility index (Phi) is 8.06. The Balaban J connectivity index is 1.49. The van der Waals surface area contributed by atoms with Crippen molar-refractivity contribution in [3.63, 3.8) is 0 Å². The normalized spacial score (nSPS) is 17.6. The van der Waals surface area contributed by atoms with Crippen LogP contribution in [0.5, 0.6) is 5.75 Å². The number of piperidine rings is 1. The molecule has 0 aliphatic carbocycles. The van der Waals surface area contributed by atoms with Gasteiger partial charge in [0.1, 0.15) is 11.4 Å². The fraction of sp³-hybridized carbons (Fsp3) is 0.500. The van der Waals surface area contributed by atoms with Crippen molar-refractivity contribution in [1.29, 1.82) is 0 Å². The molecule has 1 aromatic heterocycles. The molecule has 206 valence electrons. The Morgan fingerprint density at radius 3 is 2.45 bits per heavy atom. The Hall–Kier alpha value is -2.69. The molecule has 0 saturated carbocycles. The number of nitrogens with zero attached hydrogens (tertiary/aromatic N) is 3. The fourth-order valence-corrected chi connectivity index (χ4v) is 5.57. The number of hydrogen-bond acceptors (Lipinski definition) is 6. The van der Waals surface area contributed by atoms with Gasteiger partial charge >= 0.3 is 6.18 Å². The molecule has 0 bridgehead atoms. The summed E-state index contributed by atoms with van der Waals surface area (Å²) < 4.78 is 45.6. The van der Waals surface area contributed by atoms with E-state index < -0.39 is 25.8 Å². The maximum Gasteiger partial charge on any atom is 0.416 e. The van der Waals surface area contributed by atoms with Crippen molar-refractivity contribution in [1.82, 2.24) is 15.1 Å². The van der Waals surface area contributed by atoms with Gasteiger partial charge in [0.15, 0.2) is 14.1 Å². The molecule has 1 saturated heterocycles. The molecule has 2 N–H and O–H groups in total. The number of nitrogens with one attached hydrogen (secondary N) is 1. The van der Waals surface area contributed by atoms with Crippen LogP contribution in [0.15, 0.2) is 42.5 Å². The van der Waals surface area contributed by atoms with Crippen molar-refractivity contribution in [2.75, 3.05) is 31.6 Å². The van der Waals surface area contributed by atoms with E-state index in [1.54, 1.807) is 0 Å². The van der Waals surface area contributed by atoms with Gasteiger partial charge in [0, 0.05) is 42.1 Å². The summed E-state index contributed by atoms with van der Waals surface area (Å²) in [5, 5.41) is 24.4. The number of likely N-dealkylation sites (tertiary alicyclic amines) is 1. The minimum Gasteiger partial charge on any atom is -0.507 e. The molecule has 2 heterocycles. The summed E-state index contributed by atoms with van der Waals surface area (Å²) in [4.78, 5) is 2.42. The monoisotopic (exact) mass is 546 g/mol. The van der Waals surface area contributed by atoms with Gasteiger partial charge in [0.05, 0.1) is 5.56 Å². The van der Waals surface area contributed by atoms with E-state index in [1.165, 1.54) is 6.07 Å². The summed E-state index contributed by atoms with van der Waals surface area (Å²) in [5.41, 5.74) is -0.366. The quantitative estimate of drug-likeness (QED) is 0.314. The van der Waals surface area contributed by atoms with E-state index in [0.717, 1.165) is 56.6 Å². The predicted octanol–water partition coefficient (Wildman–Crippen LogP) is 6.92. The van der Waals surface area contributed by atoms with Crippen molar-refractivity contribution in [2.24, 2.45) is 0 Å². The third-order valence-electron chi connectivity index (χ3n) is 7.79. The molecule has 1 aliphatic heterocycles. The van der Waals surface area contributed by atoms with E-state index >= 15 is 0 Å². The molecule has 4 rings (SSSR count). The highest BCUT2D eigenvalue weighted by molar-refractivity contribution is 6.74. The SMILES string of the molecule is CC(C)(C)[Si](C)(C)OCCN1CCC[C@@H](Nc2nnc(-c3ccc(C(F)(F)F)cc3O)c3ccccc23)C1. The van der Waals surface area contributed by atoms with Gasteiger partial charge in [-0.15, -0.1) is 10.2 Å². The molecule has 1 fully saturated rings. The third kappa shape index (κ3) is 6.30. The summed E-state index contributed by atoms with van der Waals surface area (Å²) in [7, 11) is -1.78. The Morgan fingerprint density at radius 1 is 1.08 bits per heavy atom. The number of phenolic OH excluding ortho intramolecular Hbond substituents is 1. The first kappa shape index (κ1) is 28.3. The fourth-order valence-electron chi connectivity index (χ4n) is 4.53. The molecule has 2 aromatic carbocycles. The largest absolute Gasteiger partial charge is 0.507 e. The number of alkyl halides is 3. The minimum absolute atomic E-state index is 0.180. The van der Waals surface area contributed by atoms with Gasteiger partial charge in [0.2, 0.25) is 0 Å². The molecule has 0 spiro atoms. The highest BCUT2D eigenvalue weighted by Gasteiger charge is 2.37. The topological polar surface area (TPSA) is 70.5 Å². The summed E-state index contributed by atoms with van der Waals surface area (Å²) in [6.07, 6.45) is -2.49. The van der Waals surface area contributed by atoms with E-state index in [9.17, 15) is 18.3 Å². The number of aromatic nitrogens is 2. The molecule has 0 radical (unpaired) electrons. The zero-order chi connectivity index (χ0) is 27.7. The van der Waals surface area contributed by atoms with Crippen LogP contribution in [0.25, 0.3) is 22.0 Å².